The average Bonchev–Trinajstić information content (AvgIpc) is 2.91. The lowest BCUT2D eigenvalue weighted by atomic mass is 9.55. The third-order valence-electron chi connectivity index (χ3n) is 7.88. The molecule has 2 saturated carbocycles. The van der Waals surface area contributed by atoms with Gasteiger partial charge in [-0.1, -0.05) is 13.0 Å². The Hall–Kier alpha value is -1.55. The monoisotopic (exact) mass is 357 g/mol. The molecule has 142 valence electrons. The van der Waals surface area contributed by atoms with Crippen molar-refractivity contribution in [2.75, 3.05) is 13.6 Å². The van der Waals surface area contributed by atoms with Gasteiger partial charge in [0, 0.05) is 13.6 Å². The van der Waals surface area contributed by atoms with Gasteiger partial charge >= 0.3 is 0 Å². The van der Waals surface area contributed by atoms with E-state index >= 15 is 0 Å². The number of nitrogens with zero attached hydrogens (tertiary/aromatic N) is 1. The first-order valence-electron chi connectivity index (χ1n) is 10.1. The van der Waals surface area contributed by atoms with Gasteiger partial charge in [-0.2, -0.15) is 0 Å². The molecule has 0 saturated heterocycles. The summed E-state index contributed by atoms with van der Waals surface area (Å²) in [6.45, 7) is 4.88. The van der Waals surface area contributed by atoms with Crippen LogP contribution in [-0.2, 0) is 11.2 Å². The molecular weight excluding hydrogens is 326 g/mol. The van der Waals surface area contributed by atoms with E-state index in [4.69, 9.17) is 0 Å². The van der Waals surface area contributed by atoms with Crippen LogP contribution in [0.4, 0.5) is 0 Å². The van der Waals surface area contributed by atoms with Crippen molar-refractivity contribution in [1.29, 1.82) is 0 Å². The molecule has 6 unspecified atom stereocenters. The van der Waals surface area contributed by atoms with Gasteiger partial charge in [-0.15, -0.1) is 0 Å². The Morgan fingerprint density at radius 3 is 2.85 bits per heavy atom. The van der Waals surface area contributed by atoms with Gasteiger partial charge in [0.15, 0.2) is 0 Å². The molecule has 0 radical (unpaired) electrons. The van der Waals surface area contributed by atoms with E-state index in [2.05, 4.69) is 13.0 Å². The lowest BCUT2D eigenvalue weighted by Gasteiger charge is -2.50. The summed E-state index contributed by atoms with van der Waals surface area (Å²) in [6.07, 6.45) is 4.41. The van der Waals surface area contributed by atoms with Crippen LogP contribution in [0.15, 0.2) is 18.2 Å². The van der Waals surface area contributed by atoms with Crippen LogP contribution in [0.5, 0.6) is 5.75 Å². The first-order chi connectivity index (χ1) is 12.4. The van der Waals surface area contributed by atoms with Gasteiger partial charge in [0.2, 0.25) is 5.91 Å². The maximum atomic E-state index is 12.8. The summed E-state index contributed by atoms with van der Waals surface area (Å²) in [6, 6.07) is 5.83. The Labute approximate surface area is 156 Å². The predicted octanol–water partition coefficient (Wildman–Crippen LogP) is 3.31. The summed E-state index contributed by atoms with van der Waals surface area (Å²) in [7, 11) is 1.84. The van der Waals surface area contributed by atoms with Crippen LogP contribution < -0.4 is 0 Å². The van der Waals surface area contributed by atoms with Crippen molar-refractivity contribution in [3.8, 4) is 5.75 Å². The highest BCUT2D eigenvalue weighted by Crippen LogP contribution is 2.62. The van der Waals surface area contributed by atoms with Crippen LogP contribution in [0.2, 0.25) is 0 Å². The molecular formula is C22H31NO3. The van der Waals surface area contributed by atoms with Gasteiger partial charge < -0.3 is 15.1 Å². The number of hydrogen-bond donors (Lipinski definition) is 2. The molecule has 26 heavy (non-hydrogen) atoms. The average molecular weight is 357 g/mol. The zero-order chi connectivity index (χ0) is 18.6. The number of phenols is 1. The molecule has 0 heterocycles. The first kappa shape index (κ1) is 17.8. The molecule has 0 aliphatic heterocycles. The smallest absolute Gasteiger partial charge is 0.228 e. The van der Waals surface area contributed by atoms with Crippen molar-refractivity contribution in [3.63, 3.8) is 0 Å². The number of hydrogen-bond acceptors (Lipinski definition) is 3. The van der Waals surface area contributed by atoms with Crippen LogP contribution in [-0.4, -0.2) is 40.7 Å². The molecule has 1 aromatic carbocycles. The van der Waals surface area contributed by atoms with E-state index < -0.39 is 6.10 Å². The second-order valence-corrected chi connectivity index (χ2v) is 8.98. The van der Waals surface area contributed by atoms with E-state index in [-0.39, 0.29) is 17.2 Å². The molecule has 1 aromatic rings. The number of aromatic hydroxyl groups is 1. The normalized spacial score (nSPS) is 38.2. The molecule has 0 spiro atoms. The molecule has 0 aromatic heterocycles. The lowest BCUT2D eigenvalue weighted by Crippen LogP contribution is -2.45. The standard InChI is InChI=1S/C22H31NO3/c1-4-23(3)21(26)18-12-19-17-7-5-13-11-14(24)6-8-15(13)16(17)9-10-22(19,2)20(18)25/h6,8,11,16-20,24-25H,4-5,7,9-10,12H2,1-3H3. The Balaban J connectivity index is 1.64. The van der Waals surface area contributed by atoms with Crippen molar-refractivity contribution < 1.29 is 15.0 Å². The van der Waals surface area contributed by atoms with E-state index in [1.54, 1.807) is 11.0 Å². The number of aliphatic hydroxyl groups is 1. The largest absolute Gasteiger partial charge is 0.508 e. The van der Waals surface area contributed by atoms with Crippen LogP contribution in [0.25, 0.3) is 0 Å². The number of carbonyl (C=O) groups is 1. The number of fused-ring (bicyclic) bond motifs is 5. The third-order valence-corrected chi connectivity index (χ3v) is 7.88. The minimum absolute atomic E-state index is 0.105. The summed E-state index contributed by atoms with van der Waals surface area (Å²) in [5, 5.41) is 20.9. The summed E-state index contributed by atoms with van der Waals surface area (Å²) in [5.41, 5.74) is 2.52. The molecule has 3 aliphatic carbocycles. The maximum absolute atomic E-state index is 12.8. The highest BCUT2D eigenvalue weighted by Gasteiger charge is 2.59. The van der Waals surface area contributed by atoms with Crippen molar-refractivity contribution in [2.45, 2.75) is 58.0 Å². The minimum atomic E-state index is -0.531. The van der Waals surface area contributed by atoms with Gasteiger partial charge in [-0.05, 0) is 85.5 Å². The number of aliphatic hydroxyl groups excluding tert-OH is 1. The van der Waals surface area contributed by atoms with Gasteiger partial charge in [-0.3, -0.25) is 4.79 Å². The van der Waals surface area contributed by atoms with E-state index in [1.165, 1.54) is 11.1 Å². The molecule has 2 N–H and O–H groups in total. The molecule has 2 fully saturated rings. The van der Waals surface area contributed by atoms with Crippen molar-refractivity contribution >= 4 is 5.91 Å². The third kappa shape index (κ3) is 2.49. The maximum Gasteiger partial charge on any atom is 0.228 e. The van der Waals surface area contributed by atoms with Crippen LogP contribution in [0, 0.1) is 23.2 Å². The quantitative estimate of drug-likeness (QED) is 0.854. The highest BCUT2D eigenvalue weighted by atomic mass is 16.3. The summed E-state index contributed by atoms with van der Waals surface area (Å²) in [5.74, 6) is 1.64. The van der Waals surface area contributed by atoms with Crippen LogP contribution in [0.3, 0.4) is 0 Å². The number of rotatable bonds is 2. The van der Waals surface area contributed by atoms with E-state index in [0.717, 1.165) is 32.1 Å². The lowest BCUT2D eigenvalue weighted by molar-refractivity contribution is -0.138. The molecule has 4 nitrogen and oxygen atoms in total. The number of aryl methyl sites for hydroxylation is 1. The number of phenolic OH excluding ortho intramolecular Hbond substituents is 1. The summed E-state index contributed by atoms with van der Waals surface area (Å²) >= 11 is 0. The molecule has 6 atom stereocenters. The van der Waals surface area contributed by atoms with Crippen molar-refractivity contribution in [1.82, 2.24) is 4.90 Å². The van der Waals surface area contributed by atoms with Gasteiger partial charge in [0.25, 0.3) is 0 Å². The van der Waals surface area contributed by atoms with Gasteiger partial charge in [0.05, 0.1) is 12.0 Å². The molecule has 0 bridgehead atoms. The summed E-state index contributed by atoms with van der Waals surface area (Å²) < 4.78 is 0. The molecule has 3 aliphatic rings. The number of benzene rings is 1. The number of carbonyl (C=O) groups excluding carboxylic acids is 1. The van der Waals surface area contributed by atoms with Gasteiger partial charge in [-0.25, -0.2) is 0 Å². The fraction of sp³-hybridized carbons (Fsp3) is 0.682. The molecule has 4 heteroatoms. The van der Waals surface area contributed by atoms with Crippen LogP contribution in [0.1, 0.15) is 56.6 Å². The van der Waals surface area contributed by atoms with E-state index in [1.807, 2.05) is 20.0 Å². The molecule has 4 rings (SSSR count). The first-order valence-corrected chi connectivity index (χ1v) is 10.1. The van der Waals surface area contributed by atoms with Crippen molar-refractivity contribution in [3.05, 3.63) is 29.3 Å². The Morgan fingerprint density at radius 1 is 1.35 bits per heavy atom. The Bertz CT molecular complexity index is 717. The topological polar surface area (TPSA) is 60.8 Å². The Morgan fingerprint density at radius 2 is 2.12 bits per heavy atom. The Kier molecular flexibility index (Phi) is 4.30. The second kappa shape index (κ2) is 6.26. The van der Waals surface area contributed by atoms with E-state index in [9.17, 15) is 15.0 Å². The second-order valence-electron chi connectivity index (χ2n) is 8.98. The predicted molar refractivity (Wildman–Crippen MR) is 101 cm³/mol. The van der Waals surface area contributed by atoms with Gasteiger partial charge in [0.1, 0.15) is 5.75 Å². The van der Waals surface area contributed by atoms with Crippen molar-refractivity contribution in [2.24, 2.45) is 23.2 Å². The number of amides is 1. The molecule has 1 amide bonds. The minimum Gasteiger partial charge on any atom is -0.508 e. The summed E-state index contributed by atoms with van der Waals surface area (Å²) in [4.78, 5) is 14.6. The zero-order valence-corrected chi connectivity index (χ0v) is 16.1. The SMILES string of the molecule is CCN(C)C(=O)C1CC2C3CCc4cc(O)ccc4C3CCC2(C)C1O. The fourth-order valence-corrected chi connectivity index (χ4v) is 6.26. The highest BCUT2D eigenvalue weighted by molar-refractivity contribution is 5.79. The zero-order valence-electron chi connectivity index (χ0n) is 16.1. The fourth-order valence-electron chi connectivity index (χ4n) is 6.26. The van der Waals surface area contributed by atoms with Crippen LogP contribution >= 0.6 is 0 Å². The van der Waals surface area contributed by atoms with E-state index in [0.29, 0.717) is 30.0 Å².